The number of ether oxygens (including phenoxy) is 2. The molecule has 0 saturated carbocycles. The van der Waals surface area contributed by atoms with Crippen molar-refractivity contribution in [2.24, 2.45) is 5.92 Å². The SMILES string of the molecule is COc1ccc(C2NNC3OC(=O)CC(c4ccccc4[N+](=O)[O-])C32)cc1. The first kappa shape index (κ1) is 17.4. The van der Waals surface area contributed by atoms with Gasteiger partial charge >= 0.3 is 5.97 Å². The molecule has 8 heteroatoms. The molecule has 27 heavy (non-hydrogen) atoms. The number of nitro benzene ring substituents is 1. The summed E-state index contributed by atoms with van der Waals surface area (Å²) in [7, 11) is 1.60. The quantitative estimate of drug-likeness (QED) is 0.485. The highest BCUT2D eigenvalue weighted by Gasteiger charge is 2.49. The number of hydrogen-bond acceptors (Lipinski definition) is 7. The van der Waals surface area contributed by atoms with Crippen molar-refractivity contribution in [3.8, 4) is 5.75 Å². The number of benzene rings is 2. The average Bonchev–Trinajstić information content (AvgIpc) is 3.11. The lowest BCUT2D eigenvalue weighted by Crippen LogP contribution is -2.42. The molecule has 4 rings (SSSR count). The van der Waals surface area contributed by atoms with E-state index in [1.807, 2.05) is 24.3 Å². The number of methoxy groups -OCH3 is 1. The number of nitro groups is 1. The fourth-order valence-electron chi connectivity index (χ4n) is 4.00. The maximum absolute atomic E-state index is 12.1. The van der Waals surface area contributed by atoms with E-state index >= 15 is 0 Å². The van der Waals surface area contributed by atoms with Gasteiger partial charge in [0.05, 0.1) is 24.5 Å². The molecule has 0 aromatic heterocycles. The fraction of sp³-hybridized carbons (Fsp3) is 0.316. The number of rotatable bonds is 4. The van der Waals surface area contributed by atoms with Crippen LogP contribution in [0.15, 0.2) is 48.5 Å². The van der Waals surface area contributed by atoms with Gasteiger partial charge in [-0.25, -0.2) is 10.9 Å². The van der Waals surface area contributed by atoms with Gasteiger partial charge in [-0.1, -0.05) is 30.3 Å². The maximum Gasteiger partial charge on any atom is 0.308 e. The molecule has 0 radical (unpaired) electrons. The van der Waals surface area contributed by atoms with Crippen molar-refractivity contribution in [3.63, 3.8) is 0 Å². The van der Waals surface area contributed by atoms with Gasteiger partial charge in [-0.15, -0.1) is 0 Å². The standard InChI is InChI=1S/C19H19N3O5/c1-26-12-8-6-11(7-9-12)18-17-14(10-16(23)27-19(17)21-20-18)13-4-2-3-5-15(13)22(24)25/h2-9,14,17-21H,10H2,1H3. The van der Waals surface area contributed by atoms with Crippen molar-refractivity contribution in [1.29, 1.82) is 0 Å². The molecule has 2 aromatic carbocycles. The number of carbonyl (C=O) groups excluding carboxylic acids is 1. The van der Waals surface area contributed by atoms with Crippen LogP contribution >= 0.6 is 0 Å². The Hall–Kier alpha value is -2.97. The van der Waals surface area contributed by atoms with Crippen LogP contribution in [0, 0.1) is 16.0 Å². The summed E-state index contributed by atoms with van der Waals surface area (Å²) < 4.78 is 10.7. The fourth-order valence-corrected chi connectivity index (χ4v) is 4.00. The lowest BCUT2D eigenvalue weighted by Gasteiger charge is -2.34. The van der Waals surface area contributed by atoms with Crippen molar-refractivity contribution >= 4 is 11.7 Å². The Morgan fingerprint density at radius 1 is 1.15 bits per heavy atom. The minimum atomic E-state index is -0.553. The summed E-state index contributed by atoms with van der Waals surface area (Å²) in [5.74, 6) is -0.152. The van der Waals surface area contributed by atoms with Crippen LogP contribution < -0.4 is 15.6 Å². The Kier molecular flexibility index (Phi) is 4.51. The molecule has 4 unspecified atom stereocenters. The molecule has 0 bridgehead atoms. The van der Waals surface area contributed by atoms with Gasteiger partial charge in [0.2, 0.25) is 0 Å². The second-order valence-electron chi connectivity index (χ2n) is 6.65. The van der Waals surface area contributed by atoms with Crippen LogP contribution in [-0.4, -0.2) is 24.2 Å². The summed E-state index contributed by atoms with van der Waals surface area (Å²) in [6, 6.07) is 14.0. The van der Waals surface area contributed by atoms with Crippen molar-refractivity contribution < 1.29 is 19.2 Å². The molecule has 0 spiro atoms. The topological polar surface area (TPSA) is 103 Å². The van der Waals surface area contributed by atoms with Gasteiger partial charge in [0.15, 0.2) is 6.23 Å². The van der Waals surface area contributed by atoms with Gasteiger partial charge in [-0.2, -0.15) is 0 Å². The molecular weight excluding hydrogens is 350 g/mol. The number of nitrogens with zero attached hydrogens (tertiary/aromatic N) is 1. The zero-order valence-electron chi connectivity index (χ0n) is 14.6. The van der Waals surface area contributed by atoms with E-state index in [0.717, 1.165) is 11.3 Å². The van der Waals surface area contributed by atoms with Gasteiger partial charge in [-0.3, -0.25) is 14.9 Å². The van der Waals surface area contributed by atoms with Crippen LogP contribution in [-0.2, 0) is 9.53 Å². The number of para-hydroxylation sites is 1. The van der Waals surface area contributed by atoms with Gasteiger partial charge in [0, 0.05) is 23.5 Å². The molecule has 4 atom stereocenters. The number of hydrogen-bond donors (Lipinski definition) is 2. The summed E-state index contributed by atoms with van der Waals surface area (Å²) in [6.45, 7) is 0. The molecule has 2 aliphatic rings. The predicted molar refractivity (Wildman–Crippen MR) is 95.8 cm³/mol. The number of carbonyl (C=O) groups is 1. The molecular formula is C19H19N3O5. The lowest BCUT2D eigenvalue weighted by molar-refractivity contribution is -0.385. The highest BCUT2D eigenvalue weighted by atomic mass is 16.6. The second kappa shape index (κ2) is 6.98. The van der Waals surface area contributed by atoms with Crippen molar-refractivity contribution in [2.45, 2.75) is 24.6 Å². The Morgan fingerprint density at radius 3 is 2.59 bits per heavy atom. The first-order chi connectivity index (χ1) is 13.1. The molecule has 0 aliphatic carbocycles. The smallest absolute Gasteiger partial charge is 0.308 e. The summed E-state index contributed by atoms with van der Waals surface area (Å²) in [6.07, 6.45) is -0.453. The third-order valence-corrected chi connectivity index (χ3v) is 5.23. The predicted octanol–water partition coefficient (Wildman–Crippen LogP) is 2.43. The van der Waals surface area contributed by atoms with Crippen molar-refractivity contribution in [1.82, 2.24) is 10.9 Å². The minimum Gasteiger partial charge on any atom is -0.497 e. The van der Waals surface area contributed by atoms with Crippen LogP contribution in [0.2, 0.25) is 0 Å². The van der Waals surface area contributed by atoms with E-state index in [0.29, 0.717) is 5.56 Å². The Bertz CT molecular complexity index is 870. The van der Waals surface area contributed by atoms with Crippen LogP contribution in [0.4, 0.5) is 5.69 Å². The molecule has 0 amide bonds. The number of esters is 1. The molecule has 2 heterocycles. The Morgan fingerprint density at radius 2 is 1.89 bits per heavy atom. The zero-order chi connectivity index (χ0) is 19.0. The molecule has 2 aromatic rings. The van der Waals surface area contributed by atoms with Gasteiger partial charge in [0.1, 0.15) is 5.75 Å². The van der Waals surface area contributed by atoms with Crippen molar-refractivity contribution in [3.05, 3.63) is 69.8 Å². The van der Waals surface area contributed by atoms with Crippen LogP contribution in [0.3, 0.4) is 0 Å². The van der Waals surface area contributed by atoms with E-state index in [9.17, 15) is 14.9 Å². The van der Waals surface area contributed by atoms with E-state index in [2.05, 4.69) is 10.9 Å². The van der Waals surface area contributed by atoms with Gasteiger partial charge < -0.3 is 9.47 Å². The molecule has 2 aliphatic heterocycles. The molecule has 2 N–H and O–H groups in total. The largest absolute Gasteiger partial charge is 0.497 e. The highest BCUT2D eigenvalue weighted by molar-refractivity contribution is 5.72. The molecule has 2 fully saturated rings. The van der Waals surface area contributed by atoms with E-state index in [4.69, 9.17) is 9.47 Å². The van der Waals surface area contributed by atoms with Crippen molar-refractivity contribution in [2.75, 3.05) is 7.11 Å². The summed E-state index contributed by atoms with van der Waals surface area (Å²) in [4.78, 5) is 23.2. The summed E-state index contributed by atoms with van der Waals surface area (Å²) >= 11 is 0. The third kappa shape index (κ3) is 3.13. The Balaban J connectivity index is 1.74. The molecule has 8 nitrogen and oxygen atoms in total. The minimum absolute atomic E-state index is 0.0244. The van der Waals surface area contributed by atoms with E-state index in [1.165, 1.54) is 6.07 Å². The van der Waals surface area contributed by atoms with Crippen LogP contribution in [0.1, 0.15) is 29.5 Å². The Labute approximate surface area is 155 Å². The first-order valence-corrected chi connectivity index (χ1v) is 8.66. The van der Waals surface area contributed by atoms with E-state index < -0.39 is 11.2 Å². The van der Waals surface area contributed by atoms with E-state index in [-0.39, 0.29) is 36.0 Å². The van der Waals surface area contributed by atoms with E-state index in [1.54, 1.807) is 25.3 Å². The lowest BCUT2D eigenvalue weighted by atomic mass is 9.75. The highest BCUT2D eigenvalue weighted by Crippen LogP contribution is 2.46. The molecule has 140 valence electrons. The average molecular weight is 369 g/mol. The van der Waals surface area contributed by atoms with Crippen LogP contribution in [0.5, 0.6) is 5.75 Å². The monoisotopic (exact) mass is 369 g/mol. The number of fused-ring (bicyclic) bond motifs is 1. The molecule has 2 saturated heterocycles. The van der Waals surface area contributed by atoms with Gasteiger partial charge in [0.25, 0.3) is 5.69 Å². The van der Waals surface area contributed by atoms with Crippen LogP contribution in [0.25, 0.3) is 0 Å². The number of hydrazine groups is 1. The van der Waals surface area contributed by atoms with Gasteiger partial charge in [-0.05, 0) is 17.7 Å². The number of nitrogens with one attached hydrogen (secondary N) is 2. The maximum atomic E-state index is 12.1. The first-order valence-electron chi connectivity index (χ1n) is 8.66. The third-order valence-electron chi connectivity index (χ3n) is 5.23. The second-order valence-corrected chi connectivity index (χ2v) is 6.65. The zero-order valence-corrected chi connectivity index (χ0v) is 14.6. The summed E-state index contributed by atoms with van der Waals surface area (Å²) in [5, 5.41) is 11.5. The normalized spacial score (nSPS) is 26.9. The summed E-state index contributed by atoms with van der Waals surface area (Å²) in [5.41, 5.74) is 7.77.